The second-order valence-corrected chi connectivity index (χ2v) is 15.2. The molecule has 2 N–H and O–H groups in total. The Hall–Kier alpha value is -4.84. The van der Waals surface area contributed by atoms with E-state index in [1.54, 1.807) is 30.3 Å². The maximum absolute atomic E-state index is 17.1. The van der Waals surface area contributed by atoms with Crippen LogP contribution in [0, 0.1) is 28.9 Å². The highest BCUT2D eigenvalue weighted by Crippen LogP contribution is 2.46. The Morgan fingerprint density at radius 3 is 2.68 bits per heavy atom. The molecule has 0 amide bonds. The Kier molecular flexibility index (Phi) is 9.20. The molecule has 5 heterocycles. The summed E-state index contributed by atoms with van der Waals surface area (Å²) in [6.07, 6.45) is 1.86. The first-order chi connectivity index (χ1) is 25.6. The standard InChI is InChI=1S/C38H34ClF3N6O4S/c1-50-27-5-2-3-6-28(27)52-36(49)20-9-13-47(14-10-20)35-23-15-25(39)30(22-7-8-26(41)33-29(22)24(17-43)34(44)53-33)31(42)32(23)45-37(46-35)51-19-38-11-4-12-48(38)18-21(40)16-38/h2-3,5-8,15,20-21H,4,9-14,16,18-19,44H2,1H3/t21-,38+/m1/s1. The highest BCUT2D eigenvalue weighted by Gasteiger charge is 2.49. The molecule has 3 aromatic carbocycles. The number of fused-ring (bicyclic) bond motifs is 3. The minimum absolute atomic E-state index is 0.00853. The topological polar surface area (TPSA) is 127 Å². The number of alkyl halides is 1. The molecule has 274 valence electrons. The van der Waals surface area contributed by atoms with E-state index in [0.29, 0.717) is 61.6 Å². The van der Waals surface area contributed by atoms with Crippen molar-refractivity contribution in [2.75, 3.05) is 50.5 Å². The smallest absolute Gasteiger partial charge is 0.319 e. The van der Waals surface area contributed by atoms with Gasteiger partial charge in [0, 0.05) is 42.4 Å². The largest absolute Gasteiger partial charge is 0.493 e. The van der Waals surface area contributed by atoms with Gasteiger partial charge in [0.05, 0.1) is 33.9 Å². The number of ether oxygens (including phenoxy) is 3. The van der Waals surface area contributed by atoms with Crippen LogP contribution in [0.3, 0.4) is 0 Å². The molecule has 0 radical (unpaired) electrons. The van der Waals surface area contributed by atoms with E-state index in [2.05, 4.69) is 9.88 Å². The van der Waals surface area contributed by atoms with Crippen LogP contribution in [0.1, 0.15) is 37.7 Å². The van der Waals surface area contributed by atoms with Crippen LogP contribution in [0.15, 0.2) is 42.5 Å². The lowest BCUT2D eigenvalue weighted by atomic mass is 9.95. The number of benzene rings is 3. The number of rotatable bonds is 8. The molecule has 0 aliphatic carbocycles. The van der Waals surface area contributed by atoms with Gasteiger partial charge in [-0.2, -0.15) is 15.2 Å². The monoisotopic (exact) mass is 762 g/mol. The number of thiophene rings is 1. The van der Waals surface area contributed by atoms with Gasteiger partial charge in [0.15, 0.2) is 17.3 Å². The number of nitriles is 1. The maximum atomic E-state index is 17.1. The summed E-state index contributed by atoms with van der Waals surface area (Å²) in [4.78, 5) is 26.5. The average Bonchev–Trinajstić information content (AvgIpc) is 3.81. The Morgan fingerprint density at radius 2 is 1.92 bits per heavy atom. The van der Waals surface area contributed by atoms with Crippen LogP contribution in [0.2, 0.25) is 5.02 Å². The molecular formula is C38H34ClF3N6O4S. The number of hydrogen-bond acceptors (Lipinski definition) is 11. The number of nitrogens with zero attached hydrogens (tertiary/aromatic N) is 5. The van der Waals surface area contributed by atoms with Crippen molar-refractivity contribution in [2.45, 2.75) is 43.8 Å². The number of carbonyl (C=O) groups excluding carboxylic acids is 1. The summed E-state index contributed by atoms with van der Waals surface area (Å²) >= 11 is 7.76. The zero-order chi connectivity index (χ0) is 37.0. The third-order valence-corrected chi connectivity index (χ3v) is 12.0. The van der Waals surface area contributed by atoms with Crippen LogP contribution in [0.5, 0.6) is 17.5 Å². The number of para-hydroxylation sites is 2. The van der Waals surface area contributed by atoms with Crippen molar-refractivity contribution in [1.82, 2.24) is 14.9 Å². The van der Waals surface area contributed by atoms with Crippen LogP contribution < -0.4 is 24.8 Å². The molecule has 10 nitrogen and oxygen atoms in total. The number of anilines is 2. The molecule has 53 heavy (non-hydrogen) atoms. The van der Waals surface area contributed by atoms with Gasteiger partial charge in [-0.3, -0.25) is 9.69 Å². The zero-order valence-electron chi connectivity index (χ0n) is 28.6. The lowest BCUT2D eigenvalue weighted by Crippen LogP contribution is -2.43. The number of esters is 1. The van der Waals surface area contributed by atoms with Gasteiger partial charge in [-0.05, 0) is 62.1 Å². The first-order valence-corrected chi connectivity index (χ1v) is 18.5. The highest BCUT2D eigenvalue weighted by atomic mass is 35.5. The molecule has 0 saturated carbocycles. The molecule has 0 bridgehead atoms. The quantitative estimate of drug-likeness (QED) is 0.124. The van der Waals surface area contributed by atoms with Gasteiger partial charge in [-0.25, -0.2) is 13.2 Å². The van der Waals surface area contributed by atoms with Gasteiger partial charge in [-0.1, -0.05) is 29.8 Å². The molecule has 2 atom stereocenters. The Labute approximate surface area is 311 Å². The summed E-state index contributed by atoms with van der Waals surface area (Å²) in [5.74, 6) is -1.08. The molecule has 8 rings (SSSR count). The minimum Gasteiger partial charge on any atom is -0.493 e. The van der Waals surface area contributed by atoms with Crippen molar-refractivity contribution >= 4 is 60.7 Å². The van der Waals surface area contributed by atoms with Crippen LogP contribution >= 0.6 is 22.9 Å². The van der Waals surface area contributed by atoms with E-state index < -0.39 is 29.3 Å². The lowest BCUT2D eigenvalue weighted by molar-refractivity contribution is -0.139. The SMILES string of the molecule is COc1ccccc1OC(=O)C1CCN(c2nc(OC[C@@]34CCCN3C[C@H](F)C4)nc3c(F)c(-c4ccc(F)c5sc(N)c(C#N)c45)c(Cl)cc23)CC1. The number of aromatic nitrogens is 2. The number of piperidine rings is 1. The molecular weight excluding hydrogens is 729 g/mol. The molecule has 0 unspecified atom stereocenters. The molecule has 3 aliphatic heterocycles. The molecule has 3 aliphatic rings. The van der Waals surface area contributed by atoms with Gasteiger partial charge in [0.1, 0.15) is 41.0 Å². The maximum Gasteiger partial charge on any atom is 0.319 e. The summed E-state index contributed by atoms with van der Waals surface area (Å²) in [6, 6.07) is 13.0. The third-order valence-electron chi connectivity index (χ3n) is 10.7. The number of nitrogens with two attached hydrogens (primary N) is 1. The van der Waals surface area contributed by atoms with Crippen LogP contribution in [0.4, 0.5) is 24.0 Å². The van der Waals surface area contributed by atoms with E-state index in [1.807, 2.05) is 11.0 Å². The summed E-state index contributed by atoms with van der Waals surface area (Å²) < 4.78 is 64.0. The highest BCUT2D eigenvalue weighted by molar-refractivity contribution is 7.23. The molecule has 5 aromatic rings. The van der Waals surface area contributed by atoms with Crippen LogP contribution in [-0.4, -0.2) is 72.4 Å². The number of hydrogen-bond donors (Lipinski definition) is 1. The normalized spacial score (nSPS) is 20.5. The summed E-state index contributed by atoms with van der Waals surface area (Å²) in [5, 5.41) is 10.4. The van der Waals surface area contributed by atoms with Crippen molar-refractivity contribution in [3.05, 3.63) is 64.7 Å². The Morgan fingerprint density at radius 1 is 1.15 bits per heavy atom. The van der Waals surface area contributed by atoms with Crippen molar-refractivity contribution in [1.29, 1.82) is 5.26 Å². The molecule has 15 heteroatoms. The molecule has 3 saturated heterocycles. The van der Waals surface area contributed by atoms with Crippen LogP contribution in [-0.2, 0) is 4.79 Å². The van der Waals surface area contributed by atoms with E-state index in [4.69, 9.17) is 36.5 Å². The van der Waals surface area contributed by atoms with E-state index in [1.165, 1.54) is 19.2 Å². The third kappa shape index (κ3) is 6.14. The van der Waals surface area contributed by atoms with E-state index >= 15 is 4.39 Å². The van der Waals surface area contributed by atoms with Gasteiger partial charge in [0.25, 0.3) is 0 Å². The van der Waals surface area contributed by atoms with Gasteiger partial charge < -0.3 is 24.8 Å². The number of methoxy groups -OCH3 is 1. The Balaban J connectivity index is 1.17. The average molecular weight is 763 g/mol. The fourth-order valence-electron chi connectivity index (χ4n) is 8.09. The van der Waals surface area contributed by atoms with Crippen molar-refractivity contribution in [3.63, 3.8) is 0 Å². The van der Waals surface area contributed by atoms with Gasteiger partial charge in [-0.15, -0.1) is 11.3 Å². The zero-order valence-corrected chi connectivity index (χ0v) is 30.2. The summed E-state index contributed by atoms with van der Waals surface area (Å²) in [5.41, 5.74) is 5.60. The molecule has 2 aromatic heterocycles. The van der Waals surface area contributed by atoms with Crippen molar-refractivity contribution < 1.29 is 32.2 Å². The molecule has 0 spiro atoms. The van der Waals surface area contributed by atoms with Gasteiger partial charge in [0.2, 0.25) is 0 Å². The van der Waals surface area contributed by atoms with Crippen LogP contribution in [0.25, 0.3) is 32.1 Å². The fourth-order valence-corrected chi connectivity index (χ4v) is 9.33. The van der Waals surface area contributed by atoms with E-state index in [9.17, 15) is 18.8 Å². The molecule has 3 fully saturated rings. The lowest BCUT2D eigenvalue weighted by Gasteiger charge is -2.33. The first-order valence-electron chi connectivity index (χ1n) is 17.3. The van der Waals surface area contributed by atoms with Crippen molar-refractivity contribution in [3.8, 4) is 34.7 Å². The number of nitrogen functional groups attached to an aromatic ring is 1. The predicted molar refractivity (Wildman–Crippen MR) is 197 cm³/mol. The van der Waals surface area contributed by atoms with Crippen molar-refractivity contribution in [2.24, 2.45) is 5.92 Å². The minimum atomic E-state index is -0.970. The predicted octanol–water partition coefficient (Wildman–Crippen LogP) is 7.68. The summed E-state index contributed by atoms with van der Waals surface area (Å²) in [7, 11) is 1.50. The van der Waals surface area contributed by atoms with Gasteiger partial charge >= 0.3 is 12.0 Å². The second-order valence-electron chi connectivity index (χ2n) is 13.7. The number of halogens is 4. The van der Waals surface area contributed by atoms with E-state index in [-0.39, 0.29) is 60.9 Å². The first kappa shape index (κ1) is 35.2. The fraction of sp³-hybridized carbons (Fsp3) is 0.368. The second kappa shape index (κ2) is 13.9. The Bertz CT molecular complexity index is 2310. The number of carbonyl (C=O) groups is 1. The summed E-state index contributed by atoms with van der Waals surface area (Å²) in [6.45, 7) is 1.97. The van der Waals surface area contributed by atoms with E-state index in [0.717, 1.165) is 30.7 Å².